The highest BCUT2D eigenvalue weighted by molar-refractivity contribution is 7.89. The lowest BCUT2D eigenvalue weighted by Gasteiger charge is -2.24. The Hall–Kier alpha value is -0.330. The number of rotatable bonds is 4. The summed E-state index contributed by atoms with van der Waals surface area (Å²) in [6.45, 7) is 5.45. The highest BCUT2D eigenvalue weighted by Gasteiger charge is 2.26. The highest BCUT2D eigenvalue weighted by atomic mass is 35.5. The third kappa shape index (κ3) is 4.40. The maximum atomic E-state index is 12.1. The summed E-state index contributed by atoms with van der Waals surface area (Å²) in [4.78, 5) is 0.0840. The third-order valence-electron chi connectivity index (χ3n) is 2.30. The van der Waals surface area contributed by atoms with E-state index in [2.05, 4.69) is 4.72 Å². The van der Waals surface area contributed by atoms with Crippen molar-refractivity contribution in [1.29, 1.82) is 0 Å². The Morgan fingerprint density at radius 1 is 1.39 bits per heavy atom. The van der Waals surface area contributed by atoms with E-state index < -0.39 is 15.6 Å². The Labute approximate surface area is 119 Å². The van der Waals surface area contributed by atoms with Gasteiger partial charge in [0, 0.05) is 12.1 Å². The molecule has 0 aliphatic rings. The zero-order valence-corrected chi connectivity index (χ0v) is 12.9. The van der Waals surface area contributed by atoms with Gasteiger partial charge in [-0.2, -0.15) is 0 Å². The lowest BCUT2D eigenvalue weighted by atomic mass is 10.1. The van der Waals surface area contributed by atoms with E-state index in [1.54, 1.807) is 26.0 Å². The maximum Gasteiger partial charge on any atom is 0.242 e. The lowest BCUT2D eigenvalue weighted by molar-refractivity contribution is 0.462. The fourth-order valence-corrected chi connectivity index (χ4v) is 3.29. The topological polar surface area (TPSA) is 72.2 Å². The second-order valence-corrected chi connectivity index (χ2v) is 6.69. The minimum absolute atomic E-state index is 0. The maximum absolute atomic E-state index is 12.1. The summed E-state index contributed by atoms with van der Waals surface area (Å²) in [5.41, 5.74) is 5.63. The number of nitrogens with one attached hydrogen (secondary N) is 1. The van der Waals surface area contributed by atoms with Crippen LogP contribution in [0.5, 0.6) is 0 Å². The van der Waals surface area contributed by atoms with Crippen LogP contribution in [0.4, 0.5) is 0 Å². The number of halogens is 2. The van der Waals surface area contributed by atoms with E-state index in [1.807, 2.05) is 6.92 Å². The summed E-state index contributed by atoms with van der Waals surface area (Å²) in [5, 5.41) is 0.205. The van der Waals surface area contributed by atoms with Gasteiger partial charge in [0.2, 0.25) is 10.0 Å². The highest BCUT2D eigenvalue weighted by Crippen LogP contribution is 2.23. The molecule has 0 unspecified atom stereocenters. The van der Waals surface area contributed by atoms with E-state index in [4.69, 9.17) is 17.3 Å². The largest absolute Gasteiger partial charge is 0.329 e. The van der Waals surface area contributed by atoms with Crippen molar-refractivity contribution in [3.63, 3.8) is 0 Å². The standard InChI is InChI=1S/C11H17ClN2O2S.ClH/c1-8-4-5-9(12)10(6-8)17(15,16)14-11(2,3)7-13;/h4-6,14H,7,13H2,1-3H3;1H. The molecule has 18 heavy (non-hydrogen) atoms. The van der Waals surface area contributed by atoms with Crippen molar-refractivity contribution in [2.45, 2.75) is 31.2 Å². The molecule has 0 spiro atoms. The van der Waals surface area contributed by atoms with Crippen LogP contribution >= 0.6 is 24.0 Å². The van der Waals surface area contributed by atoms with Gasteiger partial charge in [-0.3, -0.25) is 0 Å². The quantitative estimate of drug-likeness (QED) is 0.894. The van der Waals surface area contributed by atoms with Gasteiger partial charge in [-0.05, 0) is 38.5 Å². The molecular formula is C11H18Cl2N2O2S. The number of hydrogen-bond acceptors (Lipinski definition) is 3. The number of nitrogens with two attached hydrogens (primary N) is 1. The molecule has 1 aromatic carbocycles. The second kappa shape index (κ2) is 6.21. The molecule has 0 bridgehead atoms. The molecule has 0 heterocycles. The first kappa shape index (κ1) is 17.7. The van der Waals surface area contributed by atoms with Gasteiger partial charge < -0.3 is 5.73 Å². The van der Waals surface area contributed by atoms with E-state index in [0.717, 1.165) is 5.56 Å². The van der Waals surface area contributed by atoms with Gasteiger partial charge in [-0.25, -0.2) is 13.1 Å². The Bertz CT molecular complexity index is 516. The Kier molecular flexibility index (Phi) is 6.10. The summed E-state index contributed by atoms with van der Waals surface area (Å²) in [6, 6.07) is 4.87. The monoisotopic (exact) mass is 312 g/mol. The van der Waals surface area contributed by atoms with Crippen LogP contribution in [0.25, 0.3) is 0 Å². The molecule has 0 amide bonds. The molecule has 0 aromatic heterocycles. The average molecular weight is 313 g/mol. The first-order valence-electron chi connectivity index (χ1n) is 5.18. The predicted molar refractivity (Wildman–Crippen MR) is 76.9 cm³/mol. The SMILES string of the molecule is Cc1ccc(Cl)c(S(=O)(=O)NC(C)(C)CN)c1.Cl. The van der Waals surface area contributed by atoms with Crippen LogP contribution in [0.3, 0.4) is 0 Å². The first-order chi connectivity index (χ1) is 7.68. The number of aryl methyl sites for hydroxylation is 1. The molecule has 0 fully saturated rings. The van der Waals surface area contributed by atoms with Crippen LogP contribution in [-0.2, 0) is 10.0 Å². The first-order valence-corrected chi connectivity index (χ1v) is 7.04. The summed E-state index contributed by atoms with van der Waals surface area (Å²) in [6.07, 6.45) is 0. The van der Waals surface area contributed by atoms with Crippen molar-refractivity contribution in [2.24, 2.45) is 5.73 Å². The smallest absolute Gasteiger partial charge is 0.242 e. The number of hydrogen-bond donors (Lipinski definition) is 2. The van der Waals surface area contributed by atoms with Crippen LogP contribution in [0.2, 0.25) is 5.02 Å². The Morgan fingerprint density at radius 3 is 2.44 bits per heavy atom. The van der Waals surface area contributed by atoms with Gasteiger partial charge in [0.05, 0.1) is 5.02 Å². The molecule has 1 rings (SSSR count). The normalized spacial score (nSPS) is 12.1. The Balaban J connectivity index is 0.00000289. The molecule has 0 saturated heterocycles. The van der Waals surface area contributed by atoms with Crippen molar-refractivity contribution in [3.8, 4) is 0 Å². The molecule has 7 heteroatoms. The minimum atomic E-state index is -3.65. The number of benzene rings is 1. The van der Waals surface area contributed by atoms with Crippen LogP contribution < -0.4 is 10.5 Å². The molecular weight excluding hydrogens is 295 g/mol. The zero-order valence-electron chi connectivity index (χ0n) is 10.5. The van der Waals surface area contributed by atoms with Crippen molar-refractivity contribution >= 4 is 34.0 Å². The molecule has 0 radical (unpaired) electrons. The zero-order chi connectivity index (χ0) is 13.3. The molecule has 0 atom stereocenters. The lowest BCUT2D eigenvalue weighted by Crippen LogP contribution is -2.48. The van der Waals surface area contributed by atoms with Crippen LogP contribution in [0.1, 0.15) is 19.4 Å². The summed E-state index contributed by atoms with van der Waals surface area (Å²) in [7, 11) is -3.65. The van der Waals surface area contributed by atoms with Crippen molar-refractivity contribution < 1.29 is 8.42 Å². The van der Waals surface area contributed by atoms with Gasteiger partial charge in [0.1, 0.15) is 4.90 Å². The molecule has 3 N–H and O–H groups in total. The Morgan fingerprint density at radius 2 is 1.94 bits per heavy atom. The molecule has 4 nitrogen and oxygen atoms in total. The van der Waals surface area contributed by atoms with Crippen molar-refractivity contribution in [2.75, 3.05) is 6.54 Å². The van der Waals surface area contributed by atoms with Crippen LogP contribution in [-0.4, -0.2) is 20.5 Å². The summed E-state index contributed by atoms with van der Waals surface area (Å²) >= 11 is 5.90. The van der Waals surface area contributed by atoms with Crippen LogP contribution in [0.15, 0.2) is 23.1 Å². The van der Waals surface area contributed by atoms with Gasteiger partial charge in [0.15, 0.2) is 0 Å². The van der Waals surface area contributed by atoms with Gasteiger partial charge in [-0.15, -0.1) is 12.4 Å². The van der Waals surface area contributed by atoms with E-state index in [-0.39, 0.29) is 28.9 Å². The van der Waals surface area contributed by atoms with Gasteiger partial charge in [-0.1, -0.05) is 17.7 Å². The fraction of sp³-hybridized carbons (Fsp3) is 0.455. The summed E-state index contributed by atoms with van der Waals surface area (Å²) in [5.74, 6) is 0. The number of sulfonamides is 1. The van der Waals surface area contributed by atoms with Crippen molar-refractivity contribution in [3.05, 3.63) is 28.8 Å². The van der Waals surface area contributed by atoms with E-state index in [9.17, 15) is 8.42 Å². The van der Waals surface area contributed by atoms with Gasteiger partial charge in [0.25, 0.3) is 0 Å². The van der Waals surface area contributed by atoms with E-state index in [0.29, 0.717) is 0 Å². The minimum Gasteiger partial charge on any atom is -0.329 e. The molecule has 0 aliphatic carbocycles. The second-order valence-electron chi connectivity index (χ2n) is 4.63. The average Bonchev–Trinajstić information content (AvgIpc) is 2.20. The molecule has 0 aliphatic heterocycles. The van der Waals surface area contributed by atoms with Crippen molar-refractivity contribution in [1.82, 2.24) is 4.72 Å². The van der Waals surface area contributed by atoms with E-state index >= 15 is 0 Å². The molecule has 1 aromatic rings. The van der Waals surface area contributed by atoms with E-state index in [1.165, 1.54) is 6.07 Å². The predicted octanol–water partition coefficient (Wildman–Crippen LogP) is 2.09. The van der Waals surface area contributed by atoms with Gasteiger partial charge >= 0.3 is 0 Å². The third-order valence-corrected chi connectivity index (χ3v) is 4.48. The molecule has 0 saturated carbocycles. The summed E-state index contributed by atoms with van der Waals surface area (Å²) < 4.78 is 26.8. The fourth-order valence-electron chi connectivity index (χ4n) is 1.28. The van der Waals surface area contributed by atoms with Crippen LogP contribution in [0, 0.1) is 6.92 Å². The molecule has 104 valence electrons.